The molecular weight excluding hydrogens is 468 g/mol. The molecule has 1 aliphatic rings. The Hall–Kier alpha value is -3.63. The number of hydrogen-bond acceptors (Lipinski definition) is 8. The van der Waals surface area contributed by atoms with Crippen LogP contribution < -0.4 is 14.8 Å². The van der Waals surface area contributed by atoms with E-state index in [1.165, 1.54) is 0 Å². The van der Waals surface area contributed by atoms with Crippen LogP contribution in [0.1, 0.15) is 11.4 Å². The van der Waals surface area contributed by atoms with E-state index < -0.39 is 0 Å². The van der Waals surface area contributed by atoms with Crippen molar-refractivity contribution in [2.75, 3.05) is 11.9 Å². The molecule has 1 aliphatic heterocycles. The SMILES string of the molecule is Cc1nc(NCc2cccn2-c2nccs2)sc1-c1ccn(CC2COc3ccccc3O2)n1. The molecule has 0 saturated heterocycles. The number of thiazole rings is 2. The lowest BCUT2D eigenvalue weighted by atomic mass is 10.2. The van der Waals surface area contributed by atoms with Gasteiger partial charge in [-0.1, -0.05) is 23.5 Å². The highest BCUT2D eigenvalue weighted by Gasteiger charge is 2.22. The molecule has 0 fully saturated rings. The Labute approximate surface area is 204 Å². The van der Waals surface area contributed by atoms with Crippen LogP contribution in [0.4, 0.5) is 5.13 Å². The first kappa shape index (κ1) is 20.9. The fraction of sp³-hybridized carbons (Fsp3) is 0.208. The molecule has 6 rings (SSSR count). The average Bonchev–Trinajstić information content (AvgIpc) is 3.64. The number of ether oxygens (including phenoxy) is 2. The summed E-state index contributed by atoms with van der Waals surface area (Å²) in [7, 11) is 0. The topological polar surface area (TPSA) is 79.0 Å². The fourth-order valence-electron chi connectivity index (χ4n) is 3.90. The van der Waals surface area contributed by atoms with E-state index in [0.29, 0.717) is 19.7 Å². The van der Waals surface area contributed by atoms with Crippen LogP contribution in [0, 0.1) is 6.92 Å². The van der Waals surface area contributed by atoms with E-state index in [9.17, 15) is 0 Å². The number of aryl methyl sites for hydroxylation is 1. The second-order valence-corrected chi connectivity index (χ2v) is 9.76. The van der Waals surface area contributed by atoms with Gasteiger partial charge in [0.2, 0.25) is 0 Å². The molecule has 1 atom stereocenters. The van der Waals surface area contributed by atoms with Crippen molar-refractivity contribution in [1.29, 1.82) is 0 Å². The predicted molar refractivity (Wildman–Crippen MR) is 133 cm³/mol. The number of fused-ring (bicyclic) bond motifs is 1. The first-order valence-corrected chi connectivity index (χ1v) is 12.6. The first-order chi connectivity index (χ1) is 16.7. The molecule has 0 amide bonds. The standard InChI is InChI=1S/C24H22N6O2S2/c1-16-22(34-23(27-16)26-13-17-5-4-10-30(17)24-25-9-12-33-24)19-8-11-29(28-19)14-18-15-31-20-6-2-3-7-21(20)32-18/h2-12,18H,13-15H2,1H3,(H,26,27). The Morgan fingerprint density at radius 1 is 1.12 bits per heavy atom. The van der Waals surface area contributed by atoms with Crippen LogP contribution >= 0.6 is 22.7 Å². The molecule has 1 unspecified atom stereocenters. The molecule has 1 N–H and O–H groups in total. The maximum atomic E-state index is 6.07. The van der Waals surface area contributed by atoms with Crippen molar-refractivity contribution < 1.29 is 9.47 Å². The van der Waals surface area contributed by atoms with Crippen molar-refractivity contribution in [3.8, 4) is 27.2 Å². The lowest BCUT2D eigenvalue weighted by molar-refractivity contribution is 0.0759. The Bertz CT molecular complexity index is 1400. The van der Waals surface area contributed by atoms with Gasteiger partial charge in [-0.15, -0.1) is 11.3 Å². The van der Waals surface area contributed by atoms with Gasteiger partial charge in [-0.25, -0.2) is 9.97 Å². The summed E-state index contributed by atoms with van der Waals surface area (Å²) in [5, 5.41) is 12.0. The molecule has 0 spiro atoms. The first-order valence-electron chi connectivity index (χ1n) is 10.9. The van der Waals surface area contributed by atoms with Gasteiger partial charge in [0, 0.05) is 29.7 Å². The van der Waals surface area contributed by atoms with Crippen molar-refractivity contribution in [2.45, 2.75) is 26.1 Å². The average molecular weight is 491 g/mol. The Kier molecular flexibility index (Phi) is 5.52. The maximum Gasteiger partial charge on any atom is 0.193 e. The van der Waals surface area contributed by atoms with Crippen LogP contribution in [-0.4, -0.2) is 37.0 Å². The van der Waals surface area contributed by atoms with Crippen LogP contribution in [0.5, 0.6) is 11.5 Å². The van der Waals surface area contributed by atoms with Gasteiger partial charge in [0.05, 0.1) is 23.7 Å². The maximum absolute atomic E-state index is 6.07. The molecule has 0 aliphatic carbocycles. The van der Waals surface area contributed by atoms with E-state index in [0.717, 1.165) is 43.7 Å². The second kappa shape index (κ2) is 8.96. The summed E-state index contributed by atoms with van der Waals surface area (Å²) in [6.45, 7) is 3.80. The third-order valence-electron chi connectivity index (χ3n) is 5.51. The molecule has 0 bridgehead atoms. The zero-order valence-electron chi connectivity index (χ0n) is 18.4. The minimum atomic E-state index is -0.0866. The number of nitrogens with zero attached hydrogens (tertiary/aromatic N) is 5. The van der Waals surface area contributed by atoms with Gasteiger partial charge in [0.25, 0.3) is 0 Å². The number of rotatable bonds is 7. The van der Waals surface area contributed by atoms with E-state index >= 15 is 0 Å². The number of para-hydroxylation sites is 2. The molecule has 34 heavy (non-hydrogen) atoms. The summed E-state index contributed by atoms with van der Waals surface area (Å²) in [6.07, 6.45) is 5.74. The van der Waals surface area contributed by atoms with Crippen LogP contribution in [0.3, 0.4) is 0 Å². The van der Waals surface area contributed by atoms with Gasteiger partial charge < -0.3 is 14.8 Å². The Balaban J connectivity index is 1.12. The predicted octanol–water partition coefficient (Wildman–Crippen LogP) is 5.01. The van der Waals surface area contributed by atoms with E-state index in [4.69, 9.17) is 19.6 Å². The molecule has 172 valence electrons. The highest BCUT2D eigenvalue weighted by Crippen LogP contribution is 2.33. The Morgan fingerprint density at radius 3 is 2.91 bits per heavy atom. The van der Waals surface area contributed by atoms with E-state index in [1.807, 2.05) is 72.0 Å². The summed E-state index contributed by atoms with van der Waals surface area (Å²) in [6, 6.07) is 13.9. The minimum absolute atomic E-state index is 0.0866. The molecule has 5 heterocycles. The number of nitrogens with one attached hydrogen (secondary N) is 1. The lowest BCUT2D eigenvalue weighted by Gasteiger charge is -2.26. The molecule has 8 nitrogen and oxygen atoms in total. The van der Waals surface area contributed by atoms with E-state index in [2.05, 4.69) is 20.9 Å². The molecular formula is C24H22N6O2S2. The van der Waals surface area contributed by atoms with Crippen LogP contribution in [0.2, 0.25) is 0 Å². The molecule has 10 heteroatoms. The molecule has 0 radical (unpaired) electrons. The van der Waals surface area contributed by atoms with Gasteiger partial charge in [0.1, 0.15) is 12.3 Å². The lowest BCUT2D eigenvalue weighted by Crippen LogP contribution is -2.33. The van der Waals surface area contributed by atoms with Gasteiger partial charge in [-0.3, -0.25) is 9.25 Å². The third-order valence-corrected chi connectivity index (χ3v) is 7.42. The molecule has 1 aromatic carbocycles. The summed E-state index contributed by atoms with van der Waals surface area (Å²) in [5.74, 6) is 1.57. The summed E-state index contributed by atoms with van der Waals surface area (Å²) in [4.78, 5) is 10.2. The molecule has 5 aromatic rings. The van der Waals surface area contributed by atoms with E-state index in [1.54, 1.807) is 22.7 Å². The fourth-order valence-corrected chi connectivity index (χ4v) is 5.49. The minimum Gasteiger partial charge on any atom is -0.486 e. The number of aromatic nitrogens is 5. The zero-order valence-corrected chi connectivity index (χ0v) is 20.1. The van der Waals surface area contributed by atoms with E-state index in [-0.39, 0.29) is 6.10 Å². The highest BCUT2D eigenvalue weighted by molar-refractivity contribution is 7.19. The summed E-state index contributed by atoms with van der Waals surface area (Å²) < 4.78 is 15.9. The molecule has 0 saturated carbocycles. The largest absolute Gasteiger partial charge is 0.486 e. The third kappa shape index (κ3) is 4.17. The summed E-state index contributed by atoms with van der Waals surface area (Å²) >= 11 is 3.23. The van der Waals surface area contributed by atoms with Gasteiger partial charge >= 0.3 is 0 Å². The Morgan fingerprint density at radius 2 is 2.03 bits per heavy atom. The smallest absolute Gasteiger partial charge is 0.193 e. The van der Waals surface area contributed by atoms with Crippen LogP contribution in [-0.2, 0) is 13.1 Å². The van der Waals surface area contributed by atoms with Crippen molar-refractivity contribution in [2.24, 2.45) is 0 Å². The van der Waals surface area contributed by atoms with Crippen LogP contribution in [0.15, 0.2) is 66.4 Å². The van der Waals surface area contributed by atoms with Gasteiger partial charge in [0.15, 0.2) is 27.9 Å². The normalized spacial score (nSPS) is 14.9. The number of benzene rings is 1. The van der Waals surface area contributed by atoms with Crippen molar-refractivity contribution in [1.82, 2.24) is 24.3 Å². The van der Waals surface area contributed by atoms with Crippen molar-refractivity contribution in [3.05, 3.63) is 77.8 Å². The molecule has 4 aromatic heterocycles. The van der Waals surface area contributed by atoms with Gasteiger partial charge in [-0.2, -0.15) is 5.10 Å². The van der Waals surface area contributed by atoms with Gasteiger partial charge in [-0.05, 0) is 37.3 Å². The van der Waals surface area contributed by atoms with Crippen LogP contribution in [0.25, 0.3) is 15.7 Å². The monoisotopic (exact) mass is 490 g/mol. The second-order valence-electron chi connectivity index (χ2n) is 7.89. The highest BCUT2D eigenvalue weighted by atomic mass is 32.1. The zero-order chi connectivity index (χ0) is 22.9. The number of hydrogen-bond donors (Lipinski definition) is 1. The van der Waals surface area contributed by atoms with Crippen molar-refractivity contribution in [3.63, 3.8) is 0 Å². The summed E-state index contributed by atoms with van der Waals surface area (Å²) in [5.41, 5.74) is 3.00. The number of anilines is 1. The quantitative estimate of drug-likeness (QED) is 0.345. The van der Waals surface area contributed by atoms with Crippen molar-refractivity contribution >= 4 is 27.8 Å².